The molecule has 15 heavy (non-hydrogen) atoms. The maximum absolute atomic E-state index is 12.3. The van der Waals surface area contributed by atoms with E-state index < -0.39 is 0 Å². The molecule has 1 heteroatoms. The van der Waals surface area contributed by atoms with Crippen LogP contribution in [0.1, 0.15) is 41.1 Å². The molecule has 0 aliphatic heterocycles. The highest BCUT2D eigenvalue weighted by Crippen LogP contribution is 2.61. The van der Waals surface area contributed by atoms with Crippen LogP contribution in [-0.4, -0.2) is 5.78 Å². The Bertz CT molecular complexity index is 448. The fourth-order valence-corrected chi connectivity index (χ4v) is 4.31. The lowest BCUT2D eigenvalue weighted by Gasteiger charge is -2.23. The van der Waals surface area contributed by atoms with Crippen LogP contribution in [0.2, 0.25) is 0 Å². The van der Waals surface area contributed by atoms with Crippen molar-refractivity contribution in [2.45, 2.75) is 25.2 Å². The summed E-state index contributed by atoms with van der Waals surface area (Å²) in [7, 11) is 0. The molecule has 3 aliphatic carbocycles. The van der Waals surface area contributed by atoms with Crippen LogP contribution in [-0.2, 0) is 0 Å². The Hall–Kier alpha value is -1.11. The van der Waals surface area contributed by atoms with E-state index in [0.717, 1.165) is 11.5 Å². The van der Waals surface area contributed by atoms with E-state index in [2.05, 4.69) is 12.1 Å². The molecule has 1 aromatic rings. The van der Waals surface area contributed by atoms with Crippen molar-refractivity contribution in [3.05, 3.63) is 35.4 Å². The van der Waals surface area contributed by atoms with E-state index in [4.69, 9.17) is 0 Å². The standard InChI is InChI=1S/C14H14O/c15-14-11-4-2-1-3-10(11)12-8-5-6-9(7-8)13(12)14/h1-4,8-9,12-13H,5-7H2/t8-,9-,12+,13+/m0/s1. The van der Waals surface area contributed by atoms with Gasteiger partial charge in [-0.1, -0.05) is 24.3 Å². The third-order valence-electron chi connectivity index (χ3n) is 4.80. The van der Waals surface area contributed by atoms with E-state index in [1.807, 2.05) is 12.1 Å². The molecular weight excluding hydrogens is 184 g/mol. The summed E-state index contributed by atoms with van der Waals surface area (Å²) in [6, 6.07) is 8.29. The van der Waals surface area contributed by atoms with Gasteiger partial charge in [0.05, 0.1) is 0 Å². The highest BCUT2D eigenvalue weighted by molar-refractivity contribution is 6.03. The number of hydrogen-bond donors (Lipinski definition) is 0. The van der Waals surface area contributed by atoms with Crippen LogP contribution in [0.25, 0.3) is 0 Å². The fourth-order valence-electron chi connectivity index (χ4n) is 4.31. The summed E-state index contributed by atoms with van der Waals surface area (Å²) < 4.78 is 0. The Morgan fingerprint density at radius 1 is 1.00 bits per heavy atom. The molecule has 0 saturated heterocycles. The van der Waals surface area contributed by atoms with E-state index in [1.165, 1.54) is 24.8 Å². The fraction of sp³-hybridized carbons (Fsp3) is 0.500. The van der Waals surface area contributed by atoms with Crippen LogP contribution >= 0.6 is 0 Å². The molecule has 4 atom stereocenters. The smallest absolute Gasteiger partial charge is 0.167 e. The first-order valence-electron chi connectivity index (χ1n) is 5.99. The van der Waals surface area contributed by atoms with Gasteiger partial charge in [-0.05, 0) is 42.6 Å². The van der Waals surface area contributed by atoms with Crippen molar-refractivity contribution in [2.24, 2.45) is 17.8 Å². The van der Waals surface area contributed by atoms with Gasteiger partial charge >= 0.3 is 0 Å². The second-order valence-corrected chi connectivity index (χ2v) is 5.34. The number of carbonyl (C=O) groups is 1. The molecular formula is C14H14O. The number of carbonyl (C=O) groups excluding carboxylic acids is 1. The zero-order chi connectivity index (χ0) is 9.99. The molecule has 3 aliphatic rings. The van der Waals surface area contributed by atoms with Gasteiger partial charge < -0.3 is 0 Å². The maximum atomic E-state index is 12.3. The number of rotatable bonds is 0. The SMILES string of the molecule is O=C1c2ccccc2[C@H]2[C@H]3CC[C@@H](C3)[C@@H]12. The first-order valence-corrected chi connectivity index (χ1v) is 5.99. The second-order valence-electron chi connectivity index (χ2n) is 5.34. The number of Topliss-reactive ketones (excluding diaryl/α,β-unsaturated/α-hetero) is 1. The number of ketones is 1. The summed E-state index contributed by atoms with van der Waals surface area (Å²) >= 11 is 0. The zero-order valence-electron chi connectivity index (χ0n) is 8.65. The van der Waals surface area contributed by atoms with E-state index in [1.54, 1.807) is 0 Å². The Morgan fingerprint density at radius 2 is 1.73 bits per heavy atom. The molecule has 2 fully saturated rings. The van der Waals surface area contributed by atoms with Gasteiger partial charge in [0.1, 0.15) is 0 Å². The minimum atomic E-state index is 0.362. The van der Waals surface area contributed by atoms with Crippen LogP contribution in [0.5, 0.6) is 0 Å². The Labute approximate surface area is 89.5 Å². The average molecular weight is 198 g/mol. The summed E-state index contributed by atoms with van der Waals surface area (Å²) in [4.78, 5) is 12.3. The van der Waals surface area contributed by atoms with E-state index >= 15 is 0 Å². The van der Waals surface area contributed by atoms with Crippen molar-refractivity contribution in [2.75, 3.05) is 0 Å². The number of fused-ring (bicyclic) bond motifs is 7. The molecule has 0 N–H and O–H groups in total. The van der Waals surface area contributed by atoms with Crippen LogP contribution in [0.4, 0.5) is 0 Å². The Kier molecular flexibility index (Phi) is 1.36. The third kappa shape index (κ3) is 0.831. The maximum Gasteiger partial charge on any atom is 0.167 e. The van der Waals surface area contributed by atoms with Crippen molar-refractivity contribution >= 4 is 5.78 Å². The van der Waals surface area contributed by atoms with Gasteiger partial charge in [-0.2, -0.15) is 0 Å². The molecule has 0 radical (unpaired) electrons. The summed E-state index contributed by atoms with van der Waals surface area (Å²) in [6.45, 7) is 0. The van der Waals surface area contributed by atoms with Gasteiger partial charge in [-0.15, -0.1) is 0 Å². The molecule has 4 rings (SSSR count). The van der Waals surface area contributed by atoms with Crippen molar-refractivity contribution in [1.82, 2.24) is 0 Å². The summed E-state index contributed by atoms with van der Waals surface area (Å²) in [5, 5.41) is 0. The minimum absolute atomic E-state index is 0.362. The van der Waals surface area contributed by atoms with Gasteiger partial charge in [0.15, 0.2) is 5.78 Å². The quantitative estimate of drug-likeness (QED) is 0.626. The van der Waals surface area contributed by atoms with E-state index in [-0.39, 0.29) is 0 Å². The number of hydrogen-bond acceptors (Lipinski definition) is 1. The molecule has 76 valence electrons. The predicted octanol–water partition coefficient (Wildman–Crippen LogP) is 3.01. The Morgan fingerprint density at radius 3 is 2.60 bits per heavy atom. The van der Waals surface area contributed by atoms with Crippen LogP contribution in [0.3, 0.4) is 0 Å². The molecule has 2 bridgehead atoms. The summed E-state index contributed by atoms with van der Waals surface area (Å²) in [5.74, 6) is 2.92. The van der Waals surface area contributed by atoms with Gasteiger partial charge in [-0.3, -0.25) is 4.79 Å². The van der Waals surface area contributed by atoms with Crippen molar-refractivity contribution < 1.29 is 4.79 Å². The van der Waals surface area contributed by atoms with Gasteiger partial charge in [0.25, 0.3) is 0 Å². The van der Waals surface area contributed by atoms with E-state index in [0.29, 0.717) is 23.5 Å². The number of benzene rings is 1. The zero-order valence-corrected chi connectivity index (χ0v) is 8.65. The lowest BCUT2D eigenvalue weighted by atomic mass is 9.79. The first kappa shape index (κ1) is 8.09. The lowest BCUT2D eigenvalue weighted by molar-refractivity contribution is 0.0883. The Balaban J connectivity index is 1.93. The minimum Gasteiger partial charge on any atom is -0.294 e. The molecule has 1 nitrogen and oxygen atoms in total. The normalized spacial score (nSPS) is 40.7. The lowest BCUT2D eigenvalue weighted by Crippen LogP contribution is -2.20. The largest absolute Gasteiger partial charge is 0.294 e. The molecule has 0 spiro atoms. The molecule has 0 amide bonds. The van der Waals surface area contributed by atoms with Crippen LogP contribution < -0.4 is 0 Å². The molecule has 0 heterocycles. The molecule has 0 unspecified atom stereocenters. The first-order chi connectivity index (χ1) is 7.36. The van der Waals surface area contributed by atoms with Gasteiger partial charge in [-0.25, -0.2) is 0 Å². The van der Waals surface area contributed by atoms with Crippen LogP contribution in [0.15, 0.2) is 24.3 Å². The van der Waals surface area contributed by atoms with Crippen molar-refractivity contribution in [3.63, 3.8) is 0 Å². The van der Waals surface area contributed by atoms with Crippen LogP contribution in [0, 0.1) is 17.8 Å². The van der Waals surface area contributed by atoms with Crippen molar-refractivity contribution in [3.8, 4) is 0 Å². The highest BCUT2D eigenvalue weighted by atomic mass is 16.1. The topological polar surface area (TPSA) is 17.1 Å². The van der Waals surface area contributed by atoms with Gasteiger partial charge in [0, 0.05) is 11.5 Å². The van der Waals surface area contributed by atoms with E-state index in [9.17, 15) is 4.79 Å². The third-order valence-corrected chi connectivity index (χ3v) is 4.80. The average Bonchev–Trinajstić information content (AvgIpc) is 2.92. The molecule has 0 aromatic heterocycles. The highest BCUT2D eigenvalue weighted by Gasteiger charge is 2.55. The monoisotopic (exact) mass is 198 g/mol. The molecule has 2 saturated carbocycles. The second kappa shape index (κ2) is 2.52. The predicted molar refractivity (Wildman–Crippen MR) is 57.8 cm³/mol. The molecule has 1 aromatic carbocycles. The van der Waals surface area contributed by atoms with Crippen molar-refractivity contribution in [1.29, 1.82) is 0 Å². The summed E-state index contributed by atoms with van der Waals surface area (Å²) in [6.07, 6.45) is 3.97. The van der Waals surface area contributed by atoms with Gasteiger partial charge in [0.2, 0.25) is 0 Å². The summed E-state index contributed by atoms with van der Waals surface area (Å²) in [5.41, 5.74) is 2.39.